The molecule has 0 saturated carbocycles. The lowest BCUT2D eigenvalue weighted by molar-refractivity contribution is 0.192. The molecule has 1 heterocycles. The Bertz CT molecular complexity index is 513. The molecule has 0 aromatic heterocycles. The normalized spacial score (nSPS) is 15.1. The quantitative estimate of drug-likeness (QED) is 0.893. The monoisotopic (exact) mass is 272 g/mol. The summed E-state index contributed by atoms with van der Waals surface area (Å²) in [5, 5.41) is 12.0. The van der Waals surface area contributed by atoms with Crippen molar-refractivity contribution in [2.75, 3.05) is 31.1 Å². The topological polar surface area (TPSA) is 59.4 Å². The summed E-state index contributed by atoms with van der Waals surface area (Å²) in [6.45, 7) is 6.78. The maximum atomic E-state index is 11.9. The number of para-hydroxylation sites is 1. The SMILES string of the molecule is CC(C)NC(=O)N1CCN(c2ccccc2C#N)CC1. The summed E-state index contributed by atoms with van der Waals surface area (Å²) in [6, 6.07) is 9.96. The molecule has 1 aromatic carbocycles. The number of amides is 2. The summed E-state index contributed by atoms with van der Waals surface area (Å²) in [4.78, 5) is 15.9. The molecular weight excluding hydrogens is 252 g/mol. The van der Waals surface area contributed by atoms with Crippen LogP contribution in [-0.2, 0) is 0 Å². The second kappa shape index (κ2) is 6.29. The highest BCUT2D eigenvalue weighted by Crippen LogP contribution is 2.20. The van der Waals surface area contributed by atoms with Gasteiger partial charge in [-0.05, 0) is 26.0 Å². The number of piperazine rings is 1. The molecule has 1 saturated heterocycles. The van der Waals surface area contributed by atoms with E-state index in [1.54, 1.807) is 0 Å². The van der Waals surface area contributed by atoms with E-state index in [1.165, 1.54) is 0 Å². The van der Waals surface area contributed by atoms with Crippen LogP contribution in [0.3, 0.4) is 0 Å². The van der Waals surface area contributed by atoms with Gasteiger partial charge in [-0.15, -0.1) is 0 Å². The van der Waals surface area contributed by atoms with Crippen molar-refractivity contribution in [2.24, 2.45) is 0 Å². The lowest BCUT2D eigenvalue weighted by atomic mass is 10.1. The number of hydrogen-bond acceptors (Lipinski definition) is 3. The Labute approximate surface area is 119 Å². The fourth-order valence-corrected chi connectivity index (χ4v) is 2.33. The number of nitrogens with one attached hydrogen (secondary N) is 1. The maximum absolute atomic E-state index is 11.9. The average Bonchev–Trinajstić information content (AvgIpc) is 2.46. The smallest absolute Gasteiger partial charge is 0.317 e. The average molecular weight is 272 g/mol. The Morgan fingerprint density at radius 2 is 1.90 bits per heavy atom. The van der Waals surface area contributed by atoms with Gasteiger partial charge < -0.3 is 15.1 Å². The molecule has 5 nitrogen and oxygen atoms in total. The van der Waals surface area contributed by atoms with Gasteiger partial charge in [0.1, 0.15) is 6.07 Å². The highest BCUT2D eigenvalue weighted by molar-refractivity contribution is 5.75. The van der Waals surface area contributed by atoms with Crippen LogP contribution < -0.4 is 10.2 Å². The molecule has 0 bridgehead atoms. The molecule has 0 spiro atoms. The van der Waals surface area contributed by atoms with Crippen LogP contribution in [0.15, 0.2) is 24.3 Å². The van der Waals surface area contributed by atoms with Crippen LogP contribution >= 0.6 is 0 Å². The number of urea groups is 1. The van der Waals surface area contributed by atoms with E-state index in [4.69, 9.17) is 5.26 Å². The minimum absolute atomic E-state index is 0.00628. The standard InChI is InChI=1S/C15H20N4O/c1-12(2)17-15(20)19-9-7-18(8-10-19)14-6-4-3-5-13(14)11-16/h3-6,12H,7-10H2,1-2H3,(H,17,20). The van der Waals surface area contributed by atoms with Crippen LogP contribution in [0.5, 0.6) is 0 Å². The Balaban J connectivity index is 1.98. The zero-order chi connectivity index (χ0) is 14.5. The lowest BCUT2D eigenvalue weighted by Crippen LogP contribution is -2.53. The third kappa shape index (κ3) is 3.21. The van der Waals surface area contributed by atoms with Crippen molar-refractivity contribution in [3.63, 3.8) is 0 Å². The van der Waals surface area contributed by atoms with Crippen molar-refractivity contribution in [2.45, 2.75) is 19.9 Å². The van der Waals surface area contributed by atoms with Crippen molar-refractivity contribution < 1.29 is 4.79 Å². The van der Waals surface area contributed by atoms with E-state index in [-0.39, 0.29) is 12.1 Å². The number of anilines is 1. The summed E-state index contributed by atoms with van der Waals surface area (Å²) in [5.41, 5.74) is 1.64. The van der Waals surface area contributed by atoms with Gasteiger partial charge in [-0.2, -0.15) is 5.26 Å². The molecule has 1 aromatic rings. The largest absolute Gasteiger partial charge is 0.367 e. The molecule has 5 heteroatoms. The van der Waals surface area contributed by atoms with E-state index in [1.807, 2.05) is 43.0 Å². The van der Waals surface area contributed by atoms with Gasteiger partial charge in [0.25, 0.3) is 0 Å². The van der Waals surface area contributed by atoms with Crippen LogP contribution in [0.25, 0.3) is 0 Å². The van der Waals surface area contributed by atoms with Crippen molar-refractivity contribution >= 4 is 11.7 Å². The molecule has 1 fully saturated rings. The first-order valence-corrected chi connectivity index (χ1v) is 6.91. The number of nitriles is 1. The first kappa shape index (κ1) is 14.2. The molecule has 20 heavy (non-hydrogen) atoms. The molecule has 1 aliphatic heterocycles. The fourth-order valence-electron chi connectivity index (χ4n) is 2.33. The van der Waals surface area contributed by atoms with E-state index in [0.29, 0.717) is 18.7 Å². The van der Waals surface area contributed by atoms with Crippen molar-refractivity contribution in [3.8, 4) is 6.07 Å². The van der Waals surface area contributed by atoms with Crippen LogP contribution in [0.1, 0.15) is 19.4 Å². The number of hydrogen-bond donors (Lipinski definition) is 1. The molecule has 0 radical (unpaired) electrons. The number of carbonyl (C=O) groups is 1. The van der Waals surface area contributed by atoms with Gasteiger partial charge in [0, 0.05) is 32.2 Å². The van der Waals surface area contributed by atoms with Gasteiger partial charge in [0.2, 0.25) is 0 Å². The number of carbonyl (C=O) groups excluding carboxylic acids is 1. The Morgan fingerprint density at radius 3 is 2.50 bits per heavy atom. The van der Waals surface area contributed by atoms with Crippen molar-refractivity contribution in [1.82, 2.24) is 10.2 Å². The molecule has 1 aliphatic rings. The number of rotatable bonds is 2. The summed E-state index contributed by atoms with van der Waals surface area (Å²) in [7, 11) is 0. The first-order valence-electron chi connectivity index (χ1n) is 6.91. The minimum atomic E-state index is -0.00628. The van der Waals surface area contributed by atoms with Gasteiger partial charge in [0.05, 0.1) is 11.3 Å². The maximum Gasteiger partial charge on any atom is 0.317 e. The molecule has 0 unspecified atom stereocenters. The summed E-state index contributed by atoms with van der Waals surface area (Å²) >= 11 is 0. The molecule has 106 valence electrons. The number of nitrogens with zero attached hydrogens (tertiary/aromatic N) is 3. The van der Waals surface area contributed by atoms with Gasteiger partial charge in [0.15, 0.2) is 0 Å². The predicted octanol–water partition coefficient (Wildman–Crippen LogP) is 1.80. The summed E-state index contributed by atoms with van der Waals surface area (Å²) in [6.07, 6.45) is 0. The Morgan fingerprint density at radius 1 is 1.25 bits per heavy atom. The minimum Gasteiger partial charge on any atom is -0.367 e. The van der Waals surface area contributed by atoms with E-state index in [2.05, 4.69) is 16.3 Å². The third-order valence-corrected chi connectivity index (χ3v) is 3.34. The highest BCUT2D eigenvalue weighted by Gasteiger charge is 2.22. The van der Waals surface area contributed by atoms with Crippen LogP contribution in [0.2, 0.25) is 0 Å². The second-order valence-corrected chi connectivity index (χ2v) is 5.21. The number of benzene rings is 1. The van der Waals surface area contributed by atoms with E-state index >= 15 is 0 Å². The van der Waals surface area contributed by atoms with E-state index in [9.17, 15) is 4.79 Å². The van der Waals surface area contributed by atoms with E-state index in [0.717, 1.165) is 18.8 Å². The predicted molar refractivity (Wildman–Crippen MR) is 78.6 cm³/mol. The summed E-state index contributed by atoms with van der Waals surface area (Å²) in [5.74, 6) is 0. The van der Waals surface area contributed by atoms with Crippen LogP contribution in [0, 0.1) is 11.3 Å². The molecule has 2 rings (SSSR count). The van der Waals surface area contributed by atoms with Gasteiger partial charge >= 0.3 is 6.03 Å². The van der Waals surface area contributed by atoms with Crippen LogP contribution in [-0.4, -0.2) is 43.2 Å². The zero-order valence-corrected chi connectivity index (χ0v) is 12.0. The van der Waals surface area contributed by atoms with Crippen LogP contribution in [0.4, 0.5) is 10.5 Å². The van der Waals surface area contributed by atoms with Gasteiger partial charge in [-0.1, -0.05) is 12.1 Å². The molecular formula is C15H20N4O. The first-order chi connectivity index (χ1) is 9.61. The molecule has 0 aliphatic carbocycles. The van der Waals surface area contributed by atoms with Gasteiger partial charge in [-0.25, -0.2) is 4.79 Å². The fraction of sp³-hybridized carbons (Fsp3) is 0.467. The van der Waals surface area contributed by atoms with E-state index < -0.39 is 0 Å². The highest BCUT2D eigenvalue weighted by atomic mass is 16.2. The third-order valence-electron chi connectivity index (χ3n) is 3.34. The second-order valence-electron chi connectivity index (χ2n) is 5.21. The molecule has 1 N–H and O–H groups in total. The van der Waals surface area contributed by atoms with Gasteiger partial charge in [-0.3, -0.25) is 0 Å². The summed E-state index contributed by atoms with van der Waals surface area (Å²) < 4.78 is 0. The van der Waals surface area contributed by atoms with Crippen molar-refractivity contribution in [1.29, 1.82) is 5.26 Å². The molecule has 2 amide bonds. The Kier molecular flexibility index (Phi) is 4.46. The lowest BCUT2D eigenvalue weighted by Gasteiger charge is -2.36. The Hall–Kier alpha value is -2.22. The molecule has 0 atom stereocenters. The zero-order valence-electron chi connectivity index (χ0n) is 12.0. The van der Waals surface area contributed by atoms with Crippen molar-refractivity contribution in [3.05, 3.63) is 29.8 Å².